The van der Waals surface area contributed by atoms with Crippen LogP contribution in [0.25, 0.3) is 0 Å². The van der Waals surface area contributed by atoms with Crippen molar-refractivity contribution in [2.75, 3.05) is 0 Å². The molecule has 88 valence electrons. The zero-order valence-corrected chi connectivity index (χ0v) is 10.5. The van der Waals surface area contributed by atoms with E-state index in [0.717, 1.165) is 12.2 Å². The number of rotatable bonds is 2. The molecule has 0 unspecified atom stereocenters. The molecule has 0 spiro atoms. The molecule has 0 saturated carbocycles. The summed E-state index contributed by atoms with van der Waals surface area (Å²) in [6, 6.07) is 9.04. The molecular weight excluding hydrogens is 208 g/mol. The second-order valence-corrected chi connectivity index (χ2v) is 5.04. The molecule has 2 aromatic rings. The maximum absolute atomic E-state index is 4.52. The molecule has 1 aromatic heterocycles. The lowest BCUT2D eigenvalue weighted by molar-refractivity contribution is 0.658. The van der Waals surface area contributed by atoms with Gasteiger partial charge in [-0.05, 0) is 55.9 Å². The number of aryl methyl sites for hydroxylation is 4. The Morgan fingerprint density at radius 1 is 1.12 bits per heavy atom. The summed E-state index contributed by atoms with van der Waals surface area (Å²) in [7, 11) is 0. The maximum Gasteiger partial charge on any atom is 0.0662 e. The van der Waals surface area contributed by atoms with Gasteiger partial charge in [-0.25, -0.2) is 0 Å². The molecule has 1 heterocycles. The highest BCUT2D eigenvalue weighted by Crippen LogP contribution is 2.23. The third-order valence-electron chi connectivity index (χ3n) is 3.60. The number of benzene rings is 1. The molecule has 0 aliphatic heterocycles. The number of nitrogens with zero attached hydrogens (tertiary/aromatic N) is 2. The summed E-state index contributed by atoms with van der Waals surface area (Å²) in [5, 5.41) is 4.52. The van der Waals surface area contributed by atoms with Crippen LogP contribution in [0.3, 0.4) is 0 Å². The molecule has 3 rings (SSSR count). The standard InChI is InChI=1S/C15H18N2/c1-11-8-12(2)17(16-11)10-13-6-7-14-4-3-5-15(14)9-13/h6-9H,3-5,10H2,1-2H3. The molecule has 0 radical (unpaired) electrons. The number of hydrogen-bond donors (Lipinski definition) is 0. The lowest BCUT2D eigenvalue weighted by Gasteiger charge is -2.07. The Balaban J connectivity index is 1.88. The summed E-state index contributed by atoms with van der Waals surface area (Å²) >= 11 is 0. The lowest BCUT2D eigenvalue weighted by Crippen LogP contribution is -2.04. The normalized spacial score (nSPS) is 14.0. The van der Waals surface area contributed by atoms with E-state index >= 15 is 0 Å². The largest absolute Gasteiger partial charge is 0.265 e. The quantitative estimate of drug-likeness (QED) is 0.769. The highest BCUT2D eigenvalue weighted by Gasteiger charge is 2.11. The molecule has 0 bridgehead atoms. The van der Waals surface area contributed by atoms with E-state index in [4.69, 9.17) is 0 Å². The monoisotopic (exact) mass is 226 g/mol. The fourth-order valence-corrected chi connectivity index (χ4v) is 2.73. The van der Waals surface area contributed by atoms with Crippen molar-refractivity contribution in [3.05, 3.63) is 52.3 Å². The van der Waals surface area contributed by atoms with Crippen LogP contribution in [-0.2, 0) is 19.4 Å². The van der Waals surface area contributed by atoms with Crippen LogP contribution in [0.15, 0.2) is 24.3 Å². The van der Waals surface area contributed by atoms with Crippen LogP contribution < -0.4 is 0 Å². The summed E-state index contributed by atoms with van der Waals surface area (Å²) in [6.07, 6.45) is 3.83. The summed E-state index contributed by atoms with van der Waals surface area (Å²) in [4.78, 5) is 0. The average molecular weight is 226 g/mol. The first-order valence-electron chi connectivity index (χ1n) is 6.34. The third kappa shape index (κ3) is 1.99. The maximum atomic E-state index is 4.52. The van der Waals surface area contributed by atoms with Gasteiger partial charge in [0.2, 0.25) is 0 Å². The molecule has 0 atom stereocenters. The number of hydrogen-bond acceptors (Lipinski definition) is 1. The summed E-state index contributed by atoms with van der Waals surface area (Å²) in [5.41, 5.74) is 6.80. The van der Waals surface area contributed by atoms with Gasteiger partial charge in [0.25, 0.3) is 0 Å². The molecule has 2 heteroatoms. The van der Waals surface area contributed by atoms with E-state index in [0.29, 0.717) is 0 Å². The van der Waals surface area contributed by atoms with Gasteiger partial charge in [0.05, 0.1) is 12.2 Å². The topological polar surface area (TPSA) is 17.8 Å². The molecule has 1 aromatic carbocycles. The fourth-order valence-electron chi connectivity index (χ4n) is 2.73. The van der Waals surface area contributed by atoms with Crippen LogP contribution in [-0.4, -0.2) is 9.78 Å². The first-order valence-corrected chi connectivity index (χ1v) is 6.34. The highest BCUT2D eigenvalue weighted by atomic mass is 15.3. The van der Waals surface area contributed by atoms with Crippen LogP contribution in [0.5, 0.6) is 0 Å². The Morgan fingerprint density at radius 3 is 2.71 bits per heavy atom. The van der Waals surface area contributed by atoms with Crippen molar-refractivity contribution in [1.29, 1.82) is 0 Å². The molecule has 2 nitrogen and oxygen atoms in total. The van der Waals surface area contributed by atoms with Crippen molar-refractivity contribution in [2.45, 2.75) is 39.7 Å². The zero-order chi connectivity index (χ0) is 11.8. The van der Waals surface area contributed by atoms with Gasteiger partial charge in [0, 0.05) is 5.69 Å². The summed E-state index contributed by atoms with van der Waals surface area (Å²) in [6.45, 7) is 5.06. The van der Waals surface area contributed by atoms with Gasteiger partial charge in [-0.1, -0.05) is 18.2 Å². The average Bonchev–Trinajstić information content (AvgIpc) is 2.85. The highest BCUT2D eigenvalue weighted by molar-refractivity contribution is 5.35. The molecule has 0 N–H and O–H groups in total. The molecule has 1 aliphatic rings. The Labute approximate surface area is 102 Å². The molecule has 0 amide bonds. The Hall–Kier alpha value is -1.57. The predicted molar refractivity (Wildman–Crippen MR) is 69.3 cm³/mol. The minimum atomic E-state index is 0.896. The molecule has 1 aliphatic carbocycles. The molecule has 0 saturated heterocycles. The van der Waals surface area contributed by atoms with E-state index in [1.54, 1.807) is 11.1 Å². The van der Waals surface area contributed by atoms with Crippen molar-refractivity contribution in [3.8, 4) is 0 Å². The Bertz CT molecular complexity index is 552. The van der Waals surface area contributed by atoms with Gasteiger partial charge < -0.3 is 0 Å². The second-order valence-electron chi connectivity index (χ2n) is 5.04. The SMILES string of the molecule is Cc1cc(C)n(Cc2ccc3c(c2)CCC3)n1. The summed E-state index contributed by atoms with van der Waals surface area (Å²) in [5.74, 6) is 0. The van der Waals surface area contributed by atoms with Gasteiger partial charge in [0.1, 0.15) is 0 Å². The van der Waals surface area contributed by atoms with E-state index < -0.39 is 0 Å². The van der Waals surface area contributed by atoms with Gasteiger partial charge in [0.15, 0.2) is 0 Å². The zero-order valence-electron chi connectivity index (χ0n) is 10.5. The van der Waals surface area contributed by atoms with Crippen molar-refractivity contribution in [3.63, 3.8) is 0 Å². The molecular formula is C15H18N2. The van der Waals surface area contributed by atoms with Crippen LogP contribution in [0.2, 0.25) is 0 Å². The van der Waals surface area contributed by atoms with Gasteiger partial charge in [-0.3, -0.25) is 4.68 Å². The van der Waals surface area contributed by atoms with Crippen molar-refractivity contribution in [1.82, 2.24) is 9.78 Å². The van der Waals surface area contributed by atoms with E-state index in [-0.39, 0.29) is 0 Å². The van der Waals surface area contributed by atoms with E-state index in [1.165, 1.54) is 30.5 Å². The smallest absolute Gasteiger partial charge is 0.0662 e. The van der Waals surface area contributed by atoms with Gasteiger partial charge >= 0.3 is 0 Å². The molecule has 0 fully saturated rings. The van der Waals surface area contributed by atoms with Gasteiger partial charge in [-0.15, -0.1) is 0 Å². The Kier molecular flexibility index (Phi) is 2.50. The van der Waals surface area contributed by atoms with Crippen LogP contribution >= 0.6 is 0 Å². The fraction of sp³-hybridized carbons (Fsp3) is 0.400. The predicted octanol–water partition coefficient (Wildman–Crippen LogP) is 3.04. The summed E-state index contributed by atoms with van der Waals surface area (Å²) < 4.78 is 2.09. The van der Waals surface area contributed by atoms with Crippen molar-refractivity contribution in [2.24, 2.45) is 0 Å². The first-order chi connectivity index (χ1) is 8.22. The first kappa shape index (κ1) is 10.6. The lowest BCUT2D eigenvalue weighted by atomic mass is 10.1. The van der Waals surface area contributed by atoms with E-state index in [1.807, 2.05) is 6.92 Å². The number of aromatic nitrogens is 2. The van der Waals surface area contributed by atoms with Crippen LogP contribution in [0.4, 0.5) is 0 Å². The van der Waals surface area contributed by atoms with E-state index in [9.17, 15) is 0 Å². The van der Waals surface area contributed by atoms with E-state index in [2.05, 4.69) is 41.0 Å². The van der Waals surface area contributed by atoms with Crippen molar-refractivity contribution >= 4 is 0 Å². The Morgan fingerprint density at radius 2 is 1.94 bits per heavy atom. The third-order valence-corrected chi connectivity index (χ3v) is 3.60. The second kappa shape index (κ2) is 4.02. The molecule has 17 heavy (non-hydrogen) atoms. The minimum Gasteiger partial charge on any atom is -0.265 e. The number of fused-ring (bicyclic) bond motifs is 1. The van der Waals surface area contributed by atoms with Crippen molar-refractivity contribution < 1.29 is 0 Å². The van der Waals surface area contributed by atoms with Gasteiger partial charge in [-0.2, -0.15) is 5.10 Å². The van der Waals surface area contributed by atoms with Crippen LogP contribution in [0.1, 0.15) is 34.5 Å². The minimum absolute atomic E-state index is 0.896. The van der Waals surface area contributed by atoms with Crippen LogP contribution in [0, 0.1) is 13.8 Å².